The molecular formula is C14H22N2O2. The first-order valence-electron chi connectivity index (χ1n) is 6.70. The van der Waals surface area contributed by atoms with Gasteiger partial charge in [-0.2, -0.15) is 5.10 Å². The molecule has 1 aromatic rings. The number of Topliss-reactive ketones (excluding diaryl/α,β-unsaturated/α-hetero) is 1. The predicted octanol–water partition coefficient (Wildman–Crippen LogP) is 2.45. The Balaban J connectivity index is 1.87. The van der Waals surface area contributed by atoms with Crippen LogP contribution in [0.5, 0.6) is 0 Å². The van der Waals surface area contributed by atoms with Crippen molar-refractivity contribution in [3.05, 3.63) is 18.0 Å². The van der Waals surface area contributed by atoms with Gasteiger partial charge >= 0.3 is 0 Å². The van der Waals surface area contributed by atoms with Crippen molar-refractivity contribution < 1.29 is 9.53 Å². The second-order valence-corrected chi connectivity index (χ2v) is 5.42. The smallest absolute Gasteiger partial charge is 0.187 e. The molecule has 1 aliphatic rings. The van der Waals surface area contributed by atoms with Gasteiger partial charge in [0, 0.05) is 25.3 Å². The van der Waals surface area contributed by atoms with Gasteiger partial charge in [0.1, 0.15) is 5.69 Å². The third kappa shape index (κ3) is 2.48. The minimum Gasteiger partial charge on any atom is -0.381 e. The summed E-state index contributed by atoms with van der Waals surface area (Å²) in [6, 6.07) is 1.79. The number of carbonyl (C=O) groups is 1. The molecule has 4 heteroatoms. The van der Waals surface area contributed by atoms with Gasteiger partial charge in [-0.05, 0) is 24.8 Å². The lowest BCUT2D eigenvalue weighted by molar-refractivity contribution is 0.0825. The SMILES string of the molecule is CCCCOCC1CC1(C)C(=O)c1ccnn1C. The Morgan fingerprint density at radius 2 is 2.44 bits per heavy atom. The highest BCUT2D eigenvalue weighted by atomic mass is 16.5. The van der Waals surface area contributed by atoms with E-state index in [0.717, 1.165) is 25.9 Å². The molecule has 18 heavy (non-hydrogen) atoms. The van der Waals surface area contributed by atoms with Crippen LogP contribution in [0.2, 0.25) is 0 Å². The molecule has 2 unspecified atom stereocenters. The molecule has 0 radical (unpaired) electrons. The molecule has 1 aromatic heterocycles. The van der Waals surface area contributed by atoms with Crippen LogP contribution in [-0.2, 0) is 11.8 Å². The van der Waals surface area contributed by atoms with Crippen LogP contribution in [0.4, 0.5) is 0 Å². The van der Waals surface area contributed by atoms with Crippen LogP contribution in [0.25, 0.3) is 0 Å². The first kappa shape index (κ1) is 13.3. The largest absolute Gasteiger partial charge is 0.381 e. The van der Waals surface area contributed by atoms with Crippen LogP contribution < -0.4 is 0 Å². The number of ether oxygens (including phenoxy) is 1. The van der Waals surface area contributed by atoms with Crippen molar-refractivity contribution in [3.63, 3.8) is 0 Å². The normalized spacial score (nSPS) is 26.3. The molecule has 100 valence electrons. The minimum atomic E-state index is -0.236. The van der Waals surface area contributed by atoms with Gasteiger partial charge in [0.25, 0.3) is 0 Å². The standard InChI is InChI=1S/C14H22N2O2/c1-4-5-8-18-10-11-9-14(11,2)13(17)12-6-7-15-16(12)3/h6-7,11H,4-5,8-10H2,1-3H3. The average molecular weight is 250 g/mol. The molecule has 0 bridgehead atoms. The minimum absolute atomic E-state index is 0.201. The lowest BCUT2D eigenvalue weighted by Crippen LogP contribution is -2.19. The Labute approximate surface area is 108 Å². The summed E-state index contributed by atoms with van der Waals surface area (Å²) in [5, 5.41) is 4.06. The summed E-state index contributed by atoms with van der Waals surface area (Å²) < 4.78 is 7.27. The first-order valence-corrected chi connectivity index (χ1v) is 6.70. The van der Waals surface area contributed by atoms with Gasteiger partial charge in [0.2, 0.25) is 0 Å². The van der Waals surface area contributed by atoms with Crippen molar-refractivity contribution in [3.8, 4) is 0 Å². The summed E-state index contributed by atoms with van der Waals surface area (Å²) >= 11 is 0. The van der Waals surface area contributed by atoms with Gasteiger partial charge in [0.05, 0.1) is 6.61 Å². The molecule has 0 N–H and O–H groups in total. The Hall–Kier alpha value is -1.16. The molecule has 0 saturated heterocycles. The maximum absolute atomic E-state index is 12.4. The van der Waals surface area contributed by atoms with Crippen LogP contribution in [0.3, 0.4) is 0 Å². The van der Waals surface area contributed by atoms with Crippen molar-refractivity contribution >= 4 is 5.78 Å². The molecule has 2 rings (SSSR count). The van der Waals surface area contributed by atoms with E-state index in [4.69, 9.17) is 4.74 Å². The molecule has 1 heterocycles. The van der Waals surface area contributed by atoms with E-state index in [-0.39, 0.29) is 11.2 Å². The fraction of sp³-hybridized carbons (Fsp3) is 0.714. The molecule has 1 fully saturated rings. The molecule has 0 aromatic carbocycles. The number of hydrogen-bond acceptors (Lipinski definition) is 3. The summed E-state index contributed by atoms with van der Waals surface area (Å²) in [6.07, 6.45) is 4.85. The number of hydrogen-bond donors (Lipinski definition) is 0. The second-order valence-electron chi connectivity index (χ2n) is 5.42. The Morgan fingerprint density at radius 1 is 1.67 bits per heavy atom. The number of rotatable bonds is 7. The molecule has 0 spiro atoms. The second kappa shape index (κ2) is 5.22. The Bertz CT molecular complexity index is 427. The number of unbranched alkanes of at least 4 members (excludes halogenated alkanes) is 1. The molecular weight excluding hydrogens is 228 g/mol. The predicted molar refractivity (Wildman–Crippen MR) is 69.5 cm³/mol. The molecule has 2 atom stereocenters. The van der Waals surface area contributed by atoms with Crippen LogP contribution in [-0.4, -0.2) is 28.8 Å². The van der Waals surface area contributed by atoms with Crippen molar-refractivity contribution in [2.45, 2.75) is 33.1 Å². The molecule has 4 nitrogen and oxygen atoms in total. The van der Waals surface area contributed by atoms with Gasteiger partial charge in [-0.15, -0.1) is 0 Å². The molecule has 0 aliphatic heterocycles. The zero-order valence-corrected chi connectivity index (χ0v) is 11.5. The maximum Gasteiger partial charge on any atom is 0.187 e. The fourth-order valence-electron chi connectivity index (χ4n) is 2.34. The van der Waals surface area contributed by atoms with Crippen molar-refractivity contribution in [2.24, 2.45) is 18.4 Å². The zero-order valence-electron chi connectivity index (χ0n) is 11.5. The van der Waals surface area contributed by atoms with E-state index in [1.54, 1.807) is 16.9 Å². The molecule has 1 saturated carbocycles. The maximum atomic E-state index is 12.4. The van der Waals surface area contributed by atoms with Crippen molar-refractivity contribution in [2.75, 3.05) is 13.2 Å². The van der Waals surface area contributed by atoms with Crippen LogP contribution in [0.15, 0.2) is 12.3 Å². The van der Waals surface area contributed by atoms with E-state index in [0.29, 0.717) is 18.2 Å². The number of nitrogens with zero attached hydrogens (tertiary/aromatic N) is 2. The third-order valence-corrected chi connectivity index (χ3v) is 3.94. The van der Waals surface area contributed by atoms with E-state index in [2.05, 4.69) is 12.0 Å². The highest BCUT2D eigenvalue weighted by Crippen LogP contribution is 2.54. The van der Waals surface area contributed by atoms with Crippen LogP contribution in [0, 0.1) is 11.3 Å². The van der Waals surface area contributed by atoms with E-state index in [9.17, 15) is 4.79 Å². The monoisotopic (exact) mass is 250 g/mol. The Kier molecular flexibility index (Phi) is 3.85. The Morgan fingerprint density at radius 3 is 3.06 bits per heavy atom. The fourth-order valence-corrected chi connectivity index (χ4v) is 2.34. The topological polar surface area (TPSA) is 44.1 Å². The van der Waals surface area contributed by atoms with Crippen molar-refractivity contribution in [1.82, 2.24) is 9.78 Å². The van der Waals surface area contributed by atoms with E-state index in [1.165, 1.54) is 0 Å². The van der Waals surface area contributed by atoms with Gasteiger partial charge < -0.3 is 4.74 Å². The summed E-state index contributed by atoms with van der Waals surface area (Å²) in [5.74, 6) is 0.573. The number of carbonyl (C=O) groups excluding carboxylic acids is 1. The quantitative estimate of drug-likeness (QED) is 0.551. The first-order chi connectivity index (χ1) is 8.59. The third-order valence-electron chi connectivity index (χ3n) is 3.94. The summed E-state index contributed by atoms with van der Waals surface area (Å²) in [6.45, 7) is 5.70. The highest BCUT2D eigenvalue weighted by Gasteiger charge is 2.56. The van der Waals surface area contributed by atoms with Gasteiger partial charge in [0.15, 0.2) is 5.78 Å². The van der Waals surface area contributed by atoms with Gasteiger partial charge in [-0.3, -0.25) is 9.48 Å². The molecule has 0 amide bonds. The van der Waals surface area contributed by atoms with Gasteiger partial charge in [-0.1, -0.05) is 20.3 Å². The van der Waals surface area contributed by atoms with Crippen LogP contribution in [0.1, 0.15) is 43.6 Å². The van der Waals surface area contributed by atoms with E-state index < -0.39 is 0 Å². The zero-order chi connectivity index (χ0) is 13.2. The number of aryl methyl sites for hydroxylation is 1. The lowest BCUT2D eigenvalue weighted by atomic mass is 9.98. The van der Waals surface area contributed by atoms with E-state index in [1.807, 2.05) is 14.0 Å². The summed E-state index contributed by atoms with van der Waals surface area (Å²) in [7, 11) is 1.81. The lowest BCUT2D eigenvalue weighted by Gasteiger charge is -2.10. The van der Waals surface area contributed by atoms with Crippen LogP contribution >= 0.6 is 0 Å². The highest BCUT2D eigenvalue weighted by molar-refractivity contribution is 6.01. The number of aromatic nitrogens is 2. The summed E-state index contributed by atoms with van der Waals surface area (Å²) in [5.41, 5.74) is 0.466. The van der Waals surface area contributed by atoms with Gasteiger partial charge in [-0.25, -0.2) is 0 Å². The number of ketones is 1. The molecule has 1 aliphatic carbocycles. The summed E-state index contributed by atoms with van der Waals surface area (Å²) in [4.78, 5) is 12.4. The van der Waals surface area contributed by atoms with Crippen molar-refractivity contribution in [1.29, 1.82) is 0 Å². The average Bonchev–Trinajstić information content (AvgIpc) is 2.81. The van der Waals surface area contributed by atoms with E-state index >= 15 is 0 Å².